The molecule has 122 valence electrons. The molecular formula is C16H22ClNO3S. The van der Waals surface area contributed by atoms with E-state index in [0.717, 1.165) is 24.2 Å². The topological polar surface area (TPSA) is 66.4 Å². The van der Waals surface area contributed by atoms with Crippen molar-refractivity contribution in [1.29, 1.82) is 0 Å². The summed E-state index contributed by atoms with van der Waals surface area (Å²) in [5, 5.41) is 12.2. The maximum Gasteiger partial charge on any atom is 0.305 e. The van der Waals surface area contributed by atoms with Gasteiger partial charge in [0.15, 0.2) is 0 Å². The minimum atomic E-state index is -0.952. The van der Waals surface area contributed by atoms with Crippen molar-refractivity contribution in [2.45, 2.75) is 44.4 Å². The van der Waals surface area contributed by atoms with Gasteiger partial charge in [0, 0.05) is 5.02 Å². The summed E-state index contributed by atoms with van der Waals surface area (Å²) in [6.45, 7) is 3.95. The molecule has 1 aromatic rings. The third-order valence-electron chi connectivity index (χ3n) is 3.20. The third-order valence-corrected chi connectivity index (χ3v) is 4.69. The first kappa shape index (κ1) is 18.8. The number of carboxylic acids is 1. The quantitative estimate of drug-likeness (QED) is 0.667. The van der Waals surface area contributed by atoms with E-state index in [0.29, 0.717) is 5.02 Å². The molecule has 0 aliphatic rings. The molecule has 0 heterocycles. The minimum Gasteiger partial charge on any atom is -0.481 e. The Morgan fingerprint density at radius 2 is 1.95 bits per heavy atom. The summed E-state index contributed by atoms with van der Waals surface area (Å²) in [7, 11) is 0. The Balaban J connectivity index is 2.70. The molecule has 0 aliphatic carbocycles. The first-order valence-corrected chi connectivity index (χ1v) is 8.76. The Hall–Kier alpha value is -1.20. The van der Waals surface area contributed by atoms with Gasteiger partial charge < -0.3 is 10.4 Å². The predicted molar refractivity (Wildman–Crippen MR) is 91.4 cm³/mol. The van der Waals surface area contributed by atoms with Crippen molar-refractivity contribution in [3.05, 3.63) is 34.9 Å². The molecule has 0 saturated carbocycles. The summed E-state index contributed by atoms with van der Waals surface area (Å²) in [5.74, 6) is -0.163. The molecule has 1 unspecified atom stereocenters. The molecule has 2 N–H and O–H groups in total. The van der Waals surface area contributed by atoms with E-state index >= 15 is 0 Å². The number of benzene rings is 1. The summed E-state index contributed by atoms with van der Waals surface area (Å²) >= 11 is 7.43. The van der Waals surface area contributed by atoms with Crippen molar-refractivity contribution in [1.82, 2.24) is 5.32 Å². The van der Waals surface area contributed by atoms with Gasteiger partial charge in [0.1, 0.15) is 0 Å². The number of carboxylic acid groups (broad SMARTS) is 1. The van der Waals surface area contributed by atoms with Gasteiger partial charge in [-0.1, -0.05) is 37.1 Å². The second-order valence-electron chi connectivity index (χ2n) is 5.08. The Bertz CT molecular complexity index is 493. The first-order valence-electron chi connectivity index (χ1n) is 7.33. The summed E-state index contributed by atoms with van der Waals surface area (Å²) in [6, 6.07) is 6.32. The van der Waals surface area contributed by atoms with Crippen LogP contribution in [-0.2, 0) is 9.59 Å². The van der Waals surface area contributed by atoms with Crippen LogP contribution in [0.3, 0.4) is 0 Å². The van der Waals surface area contributed by atoms with Crippen LogP contribution in [0.15, 0.2) is 24.3 Å². The number of hydrogen-bond acceptors (Lipinski definition) is 3. The van der Waals surface area contributed by atoms with Gasteiger partial charge in [0.25, 0.3) is 0 Å². The van der Waals surface area contributed by atoms with Crippen LogP contribution in [0.5, 0.6) is 0 Å². The Morgan fingerprint density at radius 1 is 1.32 bits per heavy atom. The molecule has 0 aliphatic heterocycles. The smallest absolute Gasteiger partial charge is 0.305 e. The fourth-order valence-electron chi connectivity index (χ4n) is 1.89. The lowest BCUT2D eigenvalue weighted by atomic mass is 10.0. The van der Waals surface area contributed by atoms with Crippen LogP contribution < -0.4 is 5.32 Å². The minimum absolute atomic E-state index is 0.137. The second-order valence-corrected chi connectivity index (χ2v) is 6.96. The molecule has 0 saturated heterocycles. The van der Waals surface area contributed by atoms with Crippen LogP contribution in [0, 0.1) is 0 Å². The number of unbranched alkanes of at least 4 members (excludes halogenated alkanes) is 1. The molecule has 1 amide bonds. The Morgan fingerprint density at radius 3 is 2.50 bits per heavy atom. The van der Waals surface area contributed by atoms with Gasteiger partial charge in [-0.2, -0.15) is 0 Å². The molecule has 4 nitrogen and oxygen atoms in total. The molecule has 22 heavy (non-hydrogen) atoms. The van der Waals surface area contributed by atoms with E-state index in [1.165, 1.54) is 0 Å². The number of carbonyl (C=O) groups excluding carboxylic acids is 1. The lowest BCUT2D eigenvalue weighted by Gasteiger charge is -2.20. The Labute approximate surface area is 140 Å². The average molecular weight is 344 g/mol. The van der Waals surface area contributed by atoms with E-state index in [4.69, 9.17) is 16.7 Å². The van der Waals surface area contributed by atoms with Gasteiger partial charge in [0.05, 0.1) is 17.7 Å². The fraction of sp³-hybridized carbons (Fsp3) is 0.500. The van der Waals surface area contributed by atoms with Gasteiger partial charge in [-0.3, -0.25) is 9.59 Å². The zero-order chi connectivity index (χ0) is 16.5. The monoisotopic (exact) mass is 343 g/mol. The van der Waals surface area contributed by atoms with Crippen LogP contribution in [0.1, 0.15) is 44.7 Å². The maximum atomic E-state index is 12.2. The molecule has 0 fully saturated rings. The highest BCUT2D eigenvalue weighted by Gasteiger charge is 2.21. The van der Waals surface area contributed by atoms with E-state index < -0.39 is 12.0 Å². The lowest BCUT2D eigenvalue weighted by Crippen LogP contribution is -2.35. The molecule has 2 atom stereocenters. The van der Waals surface area contributed by atoms with Crippen LogP contribution >= 0.6 is 23.4 Å². The molecule has 0 radical (unpaired) electrons. The predicted octanol–water partition coefficient (Wildman–Crippen LogP) is 3.89. The van der Waals surface area contributed by atoms with E-state index in [1.54, 1.807) is 36.0 Å². The van der Waals surface area contributed by atoms with Crippen LogP contribution in [0.4, 0.5) is 0 Å². The van der Waals surface area contributed by atoms with Gasteiger partial charge in [-0.05, 0) is 36.8 Å². The number of thioether (sulfide) groups is 1. The van der Waals surface area contributed by atoms with Crippen molar-refractivity contribution in [3.8, 4) is 0 Å². The summed E-state index contributed by atoms with van der Waals surface area (Å²) in [4.78, 5) is 23.2. The molecule has 6 heteroatoms. The van der Waals surface area contributed by atoms with Gasteiger partial charge >= 0.3 is 5.97 Å². The normalized spacial score (nSPS) is 13.4. The van der Waals surface area contributed by atoms with Gasteiger partial charge in [0.2, 0.25) is 5.91 Å². The van der Waals surface area contributed by atoms with Crippen molar-refractivity contribution >= 4 is 35.2 Å². The third kappa shape index (κ3) is 6.71. The van der Waals surface area contributed by atoms with E-state index in [9.17, 15) is 9.59 Å². The van der Waals surface area contributed by atoms with Crippen molar-refractivity contribution in [2.24, 2.45) is 0 Å². The zero-order valence-electron chi connectivity index (χ0n) is 12.8. The molecular weight excluding hydrogens is 322 g/mol. The first-order chi connectivity index (χ1) is 10.4. The van der Waals surface area contributed by atoms with Crippen molar-refractivity contribution < 1.29 is 14.7 Å². The average Bonchev–Trinajstić information content (AvgIpc) is 2.47. The molecule has 1 rings (SSSR count). The number of hydrogen-bond donors (Lipinski definition) is 2. The largest absolute Gasteiger partial charge is 0.481 e. The van der Waals surface area contributed by atoms with Gasteiger partial charge in [-0.15, -0.1) is 11.8 Å². The molecule has 1 aromatic carbocycles. The molecule has 0 bridgehead atoms. The highest BCUT2D eigenvalue weighted by Crippen LogP contribution is 2.21. The zero-order valence-corrected chi connectivity index (χ0v) is 14.4. The van der Waals surface area contributed by atoms with Crippen LogP contribution in [-0.4, -0.2) is 28.0 Å². The fourth-order valence-corrected chi connectivity index (χ4v) is 3.05. The van der Waals surface area contributed by atoms with E-state index in [-0.39, 0.29) is 17.6 Å². The summed E-state index contributed by atoms with van der Waals surface area (Å²) in [5.41, 5.74) is 0.742. The lowest BCUT2D eigenvalue weighted by molar-refractivity contribution is -0.137. The number of nitrogens with one attached hydrogen (secondary N) is 1. The van der Waals surface area contributed by atoms with Gasteiger partial charge in [-0.25, -0.2) is 0 Å². The van der Waals surface area contributed by atoms with Crippen LogP contribution in [0.25, 0.3) is 0 Å². The van der Waals surface area contributed by atoms with Crippen molar-refractivity contribution in [3.63, 3.8) is 0 Å². The van der Waals surface area contributed by atoms with E-state index in [1.807, 2.05) is 6.92 Å². The number of carbonyl (C=O) groups is 2. The summed E-state index contributed by atoms with van der Waals surface area (Å²) in [6.07, 6.45) is 2.01. The maximum absolute atomic E-state index is 12.2. The number of aliphatic carboxylic acids is 1. The summed E-state index contributed by atoms with van der Waals surface area (Å²) < 4.78 is 0. The van der Waals surface area contributed by atoms with Crippen LogP contribution in [0.2, 0.25) is 5.02 Å². The SMILES string of the molecule is CCCCSC(C)C(=O)N[C@@H](CC(=O)O)c1ccc(Cl)cc1. The number of rotatable bonds is 9. The highest BCUT2D eigenvalue weighted by atomic mass is 35.5. The van der Waals surface area contributed by atoms with Crippen molar-refractivity contribution in [2.75, 3.05) is 5.75 Å². The second kappa shape index (κ2) is 9.74. The molecule has 0 aromatic heterocycles. The number of halogens is 1. The molecule has 0 spiro atoms. The van der Waals surface area contributed by atoms with E-state index in [2.05, 4.69) is 12.2 Å². The standard InChI is InChI=1S/C16H22ClNO3S/c1-3-4-9-22-11(2)16(21)18-14(10-15(19)20)12-5-7-13(17)8-6-12/h5-8,11,14H,3-4,9-10H2,1-2H3,(H,18,21)(H,19,20)/t11?,14-/m0/s1. The number of amides is 1. The Kier molecular flexibility index (Phi) is 8.35. The highest BCUT2D eigenvalue weighted by molar-refractivity contribution is 8.00.